The first-order valence-electron chi connectivity index (χ1n) is 10.2. The van der Waals surface area contributed by atoms with Crippen LogP contribution in [0.25, 0.3) is 11.3 Å². The predicted molar refractivity (Wildman–Crippen MR) is 127 cm³/mol. The summed E-state index contributed by atoms with van der Waals surface area (Å²) in [5, 5.41) is 29.9. The van der Waals surface area contributed by atoms with Crippen LogP contribution in [0.1, 0.15) is 22.3 Å². The molecule has 4 aromatic rings. The first kappa shape index (κ1) is 20.0. The molecule has 156 valence electrons. The number of azo groups is 1. The van der Waals surface area contributed by atoms with Crippen molar-refractivity contribution < 1.29 is 10.2 Å². The molecule has 0 bridgehead atoms. The van der Waals surface area contributed by atoms with Gasteiger partial charge in [0, 0.05) is 16.2 Å². The van der Waals surface area contributed by atoms with Crippen molar-refractivity contribution in [3.63, 3.8) is 0 Å². The third-order valence-corrected chi connectivity index (χ3v) is 5.90. The second-order valence-electron chi connectivity index (χ2n) is 7.60. The van der Waals surface area contributed by atoms with E-state index in [-0.39, 0.29) is 11.5 Å². The van der Waals surface area contributed by atoms with E-state index < -0.39 is 5.54 Å². The van der Waals surface area contributed by atoms with Crippen molar-refractivity contribution in [3.05, 3.63) is 130 Å². The summed E-state index contributed by atoms with van der Waals surface area (Å²) in [6.45, 7) is 0. The van der Waals surface area contributed by atoms with E-state index in [1.807, 2.05) is 78.9 Å². The van der Waals surface area contributed by atoms with Crippen LogP contribution in [0.5, 0.6) is 11.5 Å². The Hall–Kier alpha value is -3.89. The lowest BCUT2D eigenvalue weighted by Gasteiger charge is -2.30. The number of phenols is 2. The van der Waals surface area contributed by atoms with E-state index in [2.05, 4.69) is 5.11 Å². The topological polar surface area (TPSA) is 65.2 Å². The highest BCUT2D eigenvalue weighted by Crippen LogP contribution is 2.53. The van der Waals surface area contributed by atoms with E-state index in [4.69, 9.17) is 16.7 Å². The Morgan fingerprint density at radius 1 is 0.594 bits per heavy atom. The summed E-state index contributed by atoms with van der Waals surface area (Å²) in [4.78, 5) is 0. The molecule has 4 nitrogen and oxygen atoms in total. The monoisotopic (exact) mass is 438 g/mol. The molecule has 5 heteroatoms. The molecule has 0 amide bonds. The van der Waals surface area contributed by atoms with Crippen LogP contribution < -0.4 is 0 Å². The number of hydrogen-bond acceptors (Lipinski definition) is 4. The number of rotatable bonds is 4. The van der Waals surface area contributed by atoms with Gasteiger partial charge in [0.2, 0.25) is 0 Å². The van der Waals surface area contributed by atoms with Gasteiger partial charge in [-0.1, -0.05) is 66.2 Å². The summed E-state index contributed by atoms with van der Waals surface area (Å²) in [6.07, 6.45) is 0. The van der Waals surface area contributed by atoms with Gasteiger partial charge in [0.15, 0.2) is 5.54 Å². The first-order valence-corrected chi connectivity index (χ1v) is 10.5. The molecule has 5 rings (SSSR count). The van der Waals surface area contributed by atoms with Gasteiger partial charge in [-0.25, -0.2) is 0 Å². The Morgan fingerprint density at radius 3 is 1.72 bits per heavy atom. The third-order valence-electron chi connectivity index (χ3n) is 5.65. The maximum atomic E-state index is 9.92. The molecule has 0 aliphatic carbocycles. The van der Waals surface area contributed by atoms with Crippen molar-refractivity contribution in [2.24, 2.45) is 10.2 Å². The van der Waals surface area contributed by atoms with E-state index in [1.165, 1.54) is 0 Å². The zero-order chi connectivity index (χ0) is 22.1. The number of benzene rings is 4. The molecule has 0 aromatic heterocycles. The first-order chi connectivity index (χ1) is 15.6. The molecule has 0 radical (unpaired) electrons. The third kappa shape index (κ3) is 3.35. The van der Waals surface area contributed by atoms with Gasteiger partial charge in [-0.3, -0.25) is 0 Å². The van der Waals surface area contributed by atoms with Gasteiger partial charge in [-0.2, -0.15) is 10.2 Å². The average molecular weight is 439 g/mol. The fourth-order valence-electron chi connectivity index (χ4n) is 4.13. The molecule has 1 unspecified atom stereocenters. The Kier molecular flexibility index (Phi) is 5.00. The van der Waals surface area contributed by atoms with Crippen LogP contribution in [-0.4, -0.2) is 10.2 Å². The maximum absolute atomic E-state index is 9.92. The van der Waals surface area contributed by atoms with Crippen LogP contribution in [-0.2, 0) is 5.54 Å². The largest absolute Gasteiger partial charge is 0.508 e. The summed E-state index contributed by atoms with van der Waals surface area (Å²) in [5.74, 6) is 0.368. The summed E-state index contributed by atoms with van der Waals surface area (Å²) in [5.41, 5.74) is 4.30. The van der Waals surface area contributed by atoms with Gasteiger partial charge in [0.25, 0.3) is 0 Å². The van der Waals surface area contributed by atoms with Crippen LogP contribution in [0.15, 0.2) is 113 Å². The molecule has 32 heavy (non-hydrogen) atoms. The van der Waals surface area contributed by atoms with Crippen LogP contribution in [0.4, 0.5) is 0 Å². The minimum absolute atomic E-state index is 0.180. The fourth-order valence-corrected chi connectivity index (χ4v) is 4.26. The van der Waals surface area contributed by atoms with E-state index in [0.29, 0.717) is 5.02 Å². The van der Waals surface area contributed by atoms with Gasteiger partial charge in [0.1, 0.15) is 11.5 Å². The zero-order valence-electron chi connectivity index (χ0n) is 17.0. The van der Waals surface area contributed by atoms with Crippen molar-refractivity contribution in [2.45, 2.75) is 5.54 Å². The second-order valence-corrected chi connectivity index (χ2v) is 8.04. The molecular weight excluding hydrogens is 420 g/mol. The maximum Gasteiger partial charge on any atom is 0.160 e. The van der Waals surface area contributed by atoms with Gasteiger partial charge < -0.3 is 10.2 Å². The molecular formula is C27H19ClN2O2. The van der Waals surface area contributed by atoms with Crippen LogP contribution in [0.3, 0.4) is 0 Å². The number of hydrogen-bond donors (Lipinski definition) is 2. The van der Waals surface area contributed by atoms with Crippen molar-refractivity contribution >= 4 is 22.9 Å². The summed E-state index contributed by atoms with van der Waals surface area (Å²) in [6, 6.07) is 31.6. The number of phenolic OH excluding ortho intramolecular Hbond substituents is 2. The molecule has 1 aliphatic rings. The standard InChI is InChI=1S/C27H19ClN2O2/c28-22-12-8-20(9-13-22)27(21-10-16-24(32)17-11-21)25(18-4-2-1-3-5-18)26(29-30-27)19-6-14-23(31)15-7-19/h1-17,31-32H. The van der Waals surface area contributed by atoms with Gasteiger partial charge >= 0.3 is 0 Å². The smallest absolute Gasteiger partial charge is 0.160 e. The highest BCUT2D eigenvalue weighted by Gasteiger charge is 2.45. The number of halogens is 1. The fraction of sp³-hybridized carbons (Fsp3) is 0.0370. The van der Waals surface area contributed by atoms with Crippen molar-refractivity contribution in [1.82, 2.24) is 0 Å². The van der Waals surface area contributed by atoms with Crippen molar-refractivity contribution in [1.29, 1.82) is 0 Å². The highest BCUT2D eigenvalue weighted by molar-refractivity contribution is 6.30. The molecule has 1 aliphatic heterocycles. The van der Waals surface area contributed by atoms with Crippen molar-refractivity contribution in [2.75, 3.05) is 0 Å². The molecule has 4 aromatic carbocycles. The van der Waals surface area contributed by atoms with E-state index >= 15 is 0 Å². The highest BCUT2D eigenvalue weighted by atomic mass is 35.5. The normalized spacial score (nSPS) is 17.7. The summed E-state index contributed by atoms with van der Waals surface area (Å²) < 4.78 is 0. The molecule has 0 spiro atoms. The van der Waals surface area contributed by atoms with E-state index in [0.717, 1.165) is 33.5 Å². The minimum atomic E-state index is -0.938. The predicted octanol–water partition coefficient (Wildman–Crippen LogP) is 7.03. The quantitative estimate of drug-likeness (QED) is 0.359. The second kappa shape index (κ2) is 7.98. The van der Waals surface area contributed by atoms with Crippen LogP contribution >= 0.6 is 11.6 Å². The Balaban J connectivity index is 1.86. The number of aromatic hydroxyl groups is 2. The van der Waals surface area contributed by atoms with E-state index in [1.54, 1.807) is 24.3 Å². The molecule has 0 fully saturated rings. The Morgan fingerprint density at radius 2 is 1.12 bits per heavy atom. The SMILES string of the molecule is Oc1ccc(C2=C(c3ccccc3)C(c3ccc(O)cc3)(c3ccc(Cl)cc3)N=N2)cc1. The molecule has 1 heterocycles. The lowest BCUT2D eigenvalue weighted by atomic mass is 9.74. The Labute approximate surface area is 190 Å². The average Bonchev–Trinajstić information content (AvgIpc) is 3.22. The summed E-state index contributed by atoms with van der Waals surface area (Å²) in [7, 11) is 0. The van der Waals surface area contributed by atoms with Gasteiger partial charge in [-0.15, -0.1) is 0 Å². The van der Waals surface area contributed by atoms with Crippen LogP contribution in [0.2, 0.25) is 5.02 Å². The summed E-state index contributed by atoms with van der Waals surface area (Å²) >= 11 is 6.20. The molecule has 1 atom stereocenters. The molecule has 0 saturated heterocycles. The van der Waals surface area contributed by atoms with Crippen LogP contribution in [0, 0.1) is 0 Å². The lowest BCUT2D eigenvalue weighted by molar-refractivity contribution is 0.474. The van der Waals surface area contributed by atoms with Crippen molar-refractivity contribution in [3.8, 4) is 11.5 Å². The Bertz CT molecular complexity index is 1270. The van der Waals surface area contributed by atoms with Gasteiger partial charge in [-0.05, 0) is 65.2 Å². The van der Waals surface area contributed by atoms with Gasteiger partial charge in [0.05, 0.1) is 5.70 Å². The number of nitrogens with zero attached hydrogens (tertiary/aromatic N) is 2. The molecule has 2 N–H and O–H groups in total. The molecule has 0 saturated carbocycles. The zero-order valence-corrected chi connectivity index (χ0v) is 17.7. The minimum Gasteiger partial charge on any atom is -0.508 e. The van der Waals surface area contributed by atoms with E-state index in [9.17, 15) is 10.2 Å². The lowest BCUT2D eigenvalue weighted by Crippen LogP contribution is -2.25.